The van der Waals surface area contributed by atoms with Crippen molar-refractivity contribution in [1.82, 2.24) is 5.32 Å². The van der Waals surface area contributed by atoms with Gasteiger partial charge in [0, 0.05) is 0 Å². The standard InChI is InChI=1S/C13H21NO4/c1-9(14-12(16)18-13(2,3)4)11(15)10-7-5-6-8-17-10/h7,9H,5-6,8H2,1-4H3,(H,14,16)/t9-/m1/s1. The van der Waals surface area contributed by atoms with Gasteiger partial charge in [-0.3, -0.25) is 4.79 Å². The minimum atomic E-state index is -0.649. The molecule has 0 aromatic rings. The molecule has 18 heavy (non-hydrogen) atoms. The Morgan fingerprint density at radius 3 is 2.61 bits per heavy atom. The summed E-state index contributed by atoms with van der Waals surface area (Å²) >= 11 is 0. The number of Topliss-reactive ketones (excluding diaryl/α,β-unsaturated/α-hetero) is 1. The second-order valence-corrected chi connectivity index (χ2v) is 5.29. The van der Waals surface area contributed by atoms with E-state index in [2.05, 4.69) is 5.32 Å². The van der Waals surface area contributed by atoms with E-state index in [1.807, 2.05) is 0 Å². The number of ether oxygens (including phenoxy) is 2. The SMILES string of the molecule is C[C@@H](NC(=O)OC(C)(C)C)C(=O)C1=CCCCO1. The summed E-state index contributed by atoms with van der Waals surface area (Å²) in [5.74, 6) is 0.116. The fourth-order valence-corrected chi connectivity index (χ4v) is 1.49. The number of alkyl carbamates (subject to hydrolysis) is 1. The lowest BCUT2D eigenvalue weighted by molar-refractivity contribution is -0.120. The van der Waals surface area contributed by atoms with Crippen molar-refractivity contribution in [1.29, 1.82) is 0 Å². The van der Waals surface area contributed by atoms with Crippen LogP contribution in [-0.2, 0) is 14.3 Å². The summed E-state index contributed by atoms with van der Waals surface area (Å²) in [6.07, 6.45) is 2.92. The third-order valence-electron chi connectivity index (χ3n) is 2.31. The van der Waals surface area contributed by atoms with Gasteiger partial charge in [-0.25, -0.2) is 4.79 Å². The highest BCUT2D eigenvalue weighted by molar-refractivity contribution is 5.99. The highest BCUT2D eigenvalue weighted by atomic mass is 16.6. The first-order chi connectivity index (χ1) is 8.29. The highest BCUT2D eigenvalue weighted by Gasteiger charge is 2.24. The third kappa shape index (κ3) is 4.77. The number of hydrogen-bond donors (Lipinski definition) is 1. The maximum Gasteiger partial charge on any atom is 0.408 e. The number of hydrogen-bond acceptors (Lipinski definition) is 4. The predicted molar refractivity (Wildman–Crippen MR) is 67.1 cm³/mol. The van der Waals surface area contributed by atoms with Gasteiger partial charge in [-0.05, 0) is 46.6 Å². The number of rotatable bonds is 3. The monoisotopic (exact) mass is 255 g/mol. The zero-order valence-corrected chi connectivity index (χ0v) is 11.4. The molecule has 1 atom stereocenters. The van der Waals surface area contributed by atoms with Gasteiger partial charge in [0.05, 0.1) is 12.6 Å². The Hall–Kier alpha value is -1.52. The van der Waals surface area contributed by atoms with Crippen LogP contribution in [0.15, 0.2) is 11.8 Å². The fourth-order valence-electron chi connectivity index (χ4n) is 1.49. The van der Waals surface area contributed by atoms with Gasteiger partial charge in [0.1, 0.15) is 5.60 Å². The van der Waals surface area contributed by atoms with E-state index >= 15 is 0 Å². The quantitative estimate of drug-likeness (QED) is 0.839. The molecular formula is C13H21NO4. The molecule has 1 amide bonds. The van der Waals surface area contributed by atoms with Crippen LogP contribution in [0.5, 0.6) is 0 Å². The lowest BCUT2D eigenvalue weighted by Gasteiger charge is -2.22. The molecule has 5 nitrogen and oxygen atoms in total. The Bertz CT molecular complexity index is 354. The Balaban J connectivity index is 2.49. The molecule has 0 spiro atoms. The van der Waals surface area contributed by atoms with Gasteiger partial charge in [-0.1, -0.05) is 0 Å². The number of carbonyl (C=O) groups excluding carboxylic acids is 2. The number of ketones is 1. The van der Waals surface area contributed by atoms with Crippen LogP contribution in [0.2, 0.25) is 0 Å². The van der Waals surface area contributed by atoms with Crippen molar-refractivity contribution in [2.45, 2.75) is 52.2 Å². The number of nitrogens with one attached hydrogen (secondary N) is 1. The molecule has 0 unspecified atom stereocenters. The largest absolute Gasteiger partial charge is 0.490 e. The minimum Gasteiger partial charge on any atom is -0.490 e. The van der Waals surface area contributed by atoms with Crippen molar-refractivity contribution in [3.8, 4) is 0 Å². The van der Waals surface area contributed by atoms with Crippen LogP contribution in [0, 0.1) is 0 Å². The fraction of sp³-hybridized carbons (Fsp3) is 0.692. The molecule has 102 valence electrons. The predicted octanol–water partition coefficient (Wildman–Crippen LogP) is 2.16. The van der Waals surface area contributed by atoms with Crippen molar-refractivity contribution < 1.29 is 19.1 Å². The maximum atomic E-state index is 11.9. The lowest BCUT2D eigenvalue weighted by Crippen LogP contribution is -2.42. The Morgan fingerprint density at radius 1 is 1.44 bits per heavy atom. The van der Waals surface area contributed by atoms with E-state index in [9.17, 15) is 9.59 Å². The molecule has 0 aromatic heterocycles. The van der Waals surface area contributed by atoms with Crippen molar-refractivity contribution in [2.75, 3.05) is 6.61 Å². The van der Waals surface area contributed by atoms with Crippen molar-refractivity contribution in [2.24, 2.45) is 0 Å². The Kier molecular flexibility index (Phi) is 4.76. The summed E-state index contributed by atoms with van der Waals surface area (Å²) in [5, 5.41) is 2.50. The Morgan fingerprint density at radius 2 is 2.11 bits per heavy atom. The first kappa shape index (κ1) is 14.5. The molecule has 1 heterocycles. The van der Waals surface area contributed by atoms with Crippen LogP contribution in [0.3, 0.4) is 0 Å². The molecule has 0 bridgehead atoms. The van der Waals surface area contributed by atoms with E-state index in [1.165, 1.54) is 0 Å². The third-order valence-corrected chi connectivity index (χ3v) is 2.31. The van der Waals surface area contributed by atoms with Gasteiger partial charge >= 0.3 is 6.09 Å². The van der Waals surface area contributed by atoms with E-state index < -0.39 is 17.7 Å². The molecule has 1 aliphatic heterocycles. The highest BCUT2D eigenvalue weighted by Crippen LogP contribution is 2.13. The van der Waals surface area contributed by atoms with Crippen LogP contribution in [0.1, 0.15) is 40.5 Å². The number of carbonyl (C=O) groups is 2. The number of allylic oxidation sites excluding steroid dienone is 1. The van der Waals surface area contributed by atoms with Crippen LogP contribution in [0.4, 0.5) is 4.79 Å². The minimum absolute atomic E-state index is 0.222. The van der Waals surface area contributed by atoms with Crippen LogP contribution in [-0.4, -0.2) is 30.1 Å². The van der Waals surface area contributed by atoms with Crippen molar-refractivity contribution >= 4 is 11.9 Å². The van der Waals surface area contributed by atoms with E-state index in [1.54, 1.807) is 33.8 Å². The summed E-state index contributed by atoms with van der Waals surface area (Å²) in [4.78, 5) is 23.4. The Labute approximate surface area is 108 Å². The molecule has 0 aliphatic carbocycles. The summed E-state index contributed by atoms with van der Waals surface area (Å²) in [6, 6.07) is -0.649. The van der Waals surface area contributed by atoms with Crippen LogP contribution < -0.4 is 5.32 Å². The van der Waals surface area contributed by atoms with Gasteiger partial charge in [-0.2, -0.15) is 0 Å². The molecule has 1 aliphatic rings. The van der Waals surface area contributed by atoms with Crippen molar-refractivity contribution in [3.63, 3.8) is 0 Å². The van der Waals surface area contributed by atoms with Gasteiger partial charge < -0.3 is 14.8 Å². The lowest BCUT2D eigenvalue weighted by atomic mass is 10.1. The average Bonchev–Trinajstić information content (AvgIpc) is 2.26. The zero-order valence-electron chi connectivity index (χ0n) is 11.4. The second kappa shape index (κ2) is 5.89. The first-order valence-corrected chi connectivity index (χ1v) is 6.16. The topological polar surface area (TPSA) is 64.6 Å². The molecular weight excluding hydrogens is 234 g/mol. The molecule has 0 aromatic carbocycles. The molecule has 0 radical (unpaired) electrons. The molecule has 1 rings (SSSR count). The summed E-state index contributed by atoms with van der Waals surface area (Å²) in [7, 11) is 0. The smallest absolute Gasteiger partial charge is 0.408 e. The van der Waals surface area contributed by atoms with E-state index in [4.69, 9.17) is 9.47 Å². The van der Waals surface area contributed by atoms with Crippen molar-refractivity contribution in [3.05, 3.63) is 11.8 Å². The van der Waals surface area contributed by atoms with E-state index in [0.29, 0.717) is 12.4 Å². The summed E-state index contributed by atoms with van der Waals surface area (Å²) in [6.45, 7) is 7.48. The summed E-state index contributed by atoms with van der Waals surface area (Å²) < 4.78 is 10.3. The molecule has 5 heteroatoms. The molecule has 0 fully saturated rings. The van der Waals surface area contributed by atoms with Gasteiger partial charge in [-0.15, -0.1) is 0 Å². The van der Waals surface area contributed by atoms with Crippen LogP contribution in [0.25, 0.3) is 0 Å². The second-order valence-electron chi connectivity index (χ2n) is 5.29. The van der Waals surface area contributed by atoms with Gasteiger partial charge in [0.2, 0.25) is 5.78 Å². The first-order valence-electron chi connectivity index (χ1n) is 6.16. The molecule has 0 saturated heterocycles. The molecule has 1 N–H and O–H groups in total. The average molecular weight is 255 g/mol. The zero-order chi connectivity index (χ0) is 13.8. The normalized spacial score (nSPS) is 17.2. The van der Waals surface area contributed by atoms with E-state index in [0.717, 1.165) is 12.8 Å². The van der Waals surface area contributed by atoms with Crippen LogP contribution >= 0.6 is 0 Å². The van der Waals surface area contributed by atoms with E-state index in [-0.39, 0.29) is 5.78 Å². The number of amides is 1. The maximum absolute atomic E-state index is 11.9. The summed E-state index contributed by atoms with van der Waals surface area (Å²) in [5.41, 5.74) is -0.576. The van der Waals surface area contributed by atoms with Gasteiger partial charge in [0.15, 0.2) is 5.76 Å². The van der Waals surface area contributed by atoms with Gasteiger partial charge in [0.25, 0.3) is 0 Å². The molecule has 0 saturated carbocycles.